The van der Waals surface area contributed by atoms with Crippen molar-refractivity contribution in [3.8, 4) is 0 Å². The van der Waals surface area contributed by atoms with Crippen molar-refractivity contribution in [1.82, 2.24) is 0 Å². The normalized spacial score (nSPS) is 35.5. The molecule has 0 heteroatoms. The molecule has 0 spiro atoms. The number of allylic oxidation sites excluding steroid dienone is 8. The summed E-state index contributed by atoms with van der Waals surface area (Å²) in [6.45, 7) is 2.22. The fourth-order valence-corrected chi connectivity index (χ4v) is 0.961. The SMILES string of the molecule is CC1/C=C/C=C\C=C/C=C/C1. The predicted molar refractivity (Wildman–Crippen MR) is 50.3 cm³/mol. The van der Waals surface area contributed by atoms with Crippen molar-refractivity contribution < 1.29 is 0 Å². The lowest BCUT2D eigenvalue weighted by Gasteiger charge is -1.99. The summed E-state index contributed by atoms with van der Waals surface area (Å²) in [6, 6.07) is 0. The molecule has 1 aliphatic rings. The minimum absolute atomic E-state index is 0.655. The van der Waals surface area contributed by atoms with Crippen molar-refractivity contribution in [3.63, 3.8) is 0 Å². The third-order valence-electron chi connectivity index (χ3n) is 1.64. The second kappa shape index (κ2) is 4.73. The highest BCUT2D eigenvalue weighted by Gasteiger charge is 1.90. The topological polar surface area (TPSA) is 0 Å². The van der Waals surface area contributed by atoms with E-state index in [1.165, 1.54) is 0 Å². The molecule has 58 valence electrons. The zero-order chi connectivity index (χ0) is 7.94. The van der Waals surface area contributed by atoms with E-state index in [4.69, 9.17) is 0 Å². The van der Waals surface area contributed by atoms with Crippen LogP contribution in [0.3, 0.4) is 0 Å². The summed E-state index contributed by atoms with van der Waals surface area (Å²) < 4.78 is 0. The van der Waals surface area contributed by atoms with E-state index in [-0.39, 0.29) is 0 Å². The van der Waals surface area contributed by atoms with Crippen LogP contribution in [0.1, 0.15) is 13.3 Å². The first-order chi connectivity index (χ1) is 5.39. The highest BCUT2D eigenvalue weighted by atomic mass is 14.0. The Morgan fingerprint density at radius 3 is 2.36 bits per heavy atom. The fourth-order valence-electron chi connectivity index (χ4n) is 0.961. The van der Waals surface area contributed by atoms with E-state index in [0.717, 1.165) is 6.42 Å². The van der Waals surface area contributed by atoms with Crippen LogP contribution in [0.15, 0.2) is 48.6 Å². The maximum Gasteiger partial charge on any atom is -0.0224 e. The van der Waals surface area contributed by atoms with Crippen LogP contribution in [0.2, 0.25) is 0 Å². The molecular weight excluding hydrogens is 132 g/mol. The first-order valence-electron chi connectivity index (χ1n) is 4.06. The molecule has 0 aromatic carbocycles. The average molecular weight is 146 g/mol. The van der Waals surface area contributed by atoms with Crippen LogP contribution in [0.4, 0.5) is 0 Å². The van der Waals surface area contributed by atoms with Gasteiger partial charge in [0.1, 0.15) is 0 Å². The molecule has 1 unspecified atom stereocenters. The van der Waals surface area contributed by atoms with Gasteiger partial charge in [-0.05, 0) is 12.3 Å². The molecule has 1 rings (SSSR count). The third kappa shape index (κ3) is 3.61. The smallest absolute Gasteiger partial charge is 0.0224 e. The van der Waals surface area contributed by atoms with Crippen molar-refractivity contribution in [3.05, 3.63) is 48.6 Å². The summed E-state index contributed by atoms with van der Waals surface area (Å²) in [5, 5.41) is 0. The molecule has 0 aliphatic heterocycles. The summed E-state index contributed by atoms with van der Waals surface area (Å²) in [4.78, 5) is 0. The molecule has 0 aromatic rings. The van der Waals surface area contributed by atoms with Gasteiger partial charge in [0.25, 0.3) is 0 Å². The van der Waals surface area contributed by atoms with E-state index in [1.807, 2.05) is 12.2 Å². The Bertz CT molecular complexity index is 204. The molecule has 0 saturated heterocycles. The fraction of sp³-hybridized carbons (Fsp3) is 0.273. The Morgan fingerprint density at radius 2 is 1.55 bits per heavy atom. The van der Waals surface area contributed by atoms with Crippen molar-refractivity contribution in [2.75, 3.05) is 0 Å². The molecule has 1 atom stereocenters. The molecule has 0 fully saturated rings. The van der Waals surface area contributed by atoms with E-state index in [2.05, 4.69) is 43.4 Å². The van der Waals surface area contributed by atoms with Crippen LogP contribution in [-0.4, -0.2) is 0 Å². The highest BCUT2D eigenvalue weighted by Crippen LogP contribution is 2.05. The van der Waals surface area contributed by atoms with Gasteiger partial charge < -0.3 is 0 Å². The van der Waals surface area contributed by atoms with E-state index in [1.54, 1.807) is 0 Å². The van der Waals surface area contributed by atoms with Crippen molar-refractivity contribution in [2.45, 2.75) is 13.3 Å². The van der Waals surface area contributed by atoms with E-state index in [9.17, 15) is 0 Å². The number of hydrogen-bond acceptors (Lipinski definition) is 0. The summed E-state index contributed by atoms with van der Waals surface area (Å²) in [7, 11) is 0. The summed E-state index contributed by atoms with van der Waals surface area (Å²) in [5.41, 5.74) is 0. The van der Waals surface area contributed by atoms with E-state index >= 15 is 0 Å². The van der Waals surface area contributed by atoms with Crippen LogP contribution in [0.5, 0.6) is 0 Å². The monoisotopic (exact) mass is 146 g/mol. The quantitative estimate of drug-likeness (QED) is 0.492. The van der Waals surface area contributed by atoms with Gasteiger partial charge in [-0.2, -0.15) is 0 Å². The molecule has 0 amide bonds. The standard InChI is InChI=1S/C11H14/c1-11-9-7-5-3-2-4-6-8-10-11/h2-9,11H,10H2,1H3/b4-2-,5-3-,8-6+,9-7+. The summed E-state index contributed by atoms with van der Waals surface area (Å²) in [6.07, 6.45) is 18.0. The Hall–Kier alpha value is -1.04. The molecule has 0 saturated carbocycles. The van der Waals surface area contributed by atoms with Gasteiger partial charge in [-0.25, -0.2) is 0 Å². The largest absolute Gasteiger partial charge is 0.0840 e. The maximum absolute atomic E-state index is 2.22. The van der Waals surface area contributed by atoms with Gasteiger partial charge in [0, 0.05) is 0 Å². The zero-order valence-electron chi connectivity index (χ0n) is 6.90. The average Bonchev–Trinajstić information content (AvgIpc) is 2.03. The zero-order valence-corrected chi connectivity index (χ0v) is 6.90. The van der Waals surface area contributed by atoms with Gasteiger partial charge in [-0.1, -0.05) is 55.5 Å². The first kappa shape index (κ1) is 8.06. The lowest BCUT2D eigenvalue weighted by Crippen LogP contribution is -1.84. The third-order valence-corrected chi connectivity index (χ3v) is 1.64. The van der Waals surface area contributed by atoms with Crippen LogP contribution in [0.25, 0.3) is 0 Å². The Kier molecular flexibility index (Phi) is 3.46. The minimum atomic E-state index is 0.655. The summed E-state index contributed by atoms with van der Waals surface area (Å²) in [5.74, 6) is 0.655. The highest BCUT2D eigenvalue weighted by molar-refractivity contribution is 5.17. The second-order valence-electron chi connectivity index (χ2n) is 2.80. The molecular formula is C11H14. The van der Waals surface area contributed by atoms with Gasteiger partial charge in [0.15, 0.2) is 0 Å². The van der Waals surface area contributed by atoms with E-state index < -0.39 is 0 Å². The molecule has 0 nitrogen and oxygen atoms in total. The first-order valence-corrected chi connectivity index (χ1v) is 4.06. The van der Waals surface area contributed by atoms with Gasteiger partial charge in [-0.3, -0.25) is 0 Å². The summed E-state index contributed by atoms with van der Waals surface area (Å²) >= 11 is 0. The minimum Gasteiger partial charge on any atom is -0.0840 e. The van der Waals surface area contributed by atoms with Gasteiger partial charge >= 0.3 is 0 Å². The molecule has 0 bridgehead atoms. The Morgan fingerprint density at radius 1 is 0.909 bits per heavy atom. The van der Waals surface area contributed by atoms with E-state index in [0.29, 0.717) is 5.92 Å². The maximum atomic E-state index is 2.22. The van der Waals surface area contributed by atoms with Crippen molar-refractivity contribution in [1.29, 1.82) is 0 Å². The van der Waals surface area contributed by atoms with Crippen LogP contribution in [0, 0.1) is 5.92 Å². The van der Waals surface area contributed by atoms with Crippen LogP contribution < -0.4 is 0 Å². The molecule has 1 aliphatic carbocycles. The van der Waals surface area contributed by atoms with Gasteiger partial charge in [0.05, 0.1) is 0 Å². The lowest BCUT2D eigenvalue weighted by molar-refractivity contribution is 0.744. The number of hydrogen-bond donors (Lipinski definition) is 0. The van der Waals surface area contributed by atoms with Gasteiger partial charge in [-0.15, -0.1) is 0 Å². The molecule has 0 aromatic heterocycles. The van der Waals surface area contributed by atoms with Crippen molar-refractivity contribution >= 4 is 0 Å². The Labute approximate surface area is 68.6 Å². The molecule has 11 heavy (non-hydrogen) atoms. The van der Waals surface area contributed by atoms with Crippen LogP contribution in [-0.2, 0) is 0 Å². The van der Waals surface area contributed by atoms with Gasteiger partial charge in [0.2, 0.25) is 0 Å². The van der Waals surface area contributed by atoms with Crippen LogP contribution >= 0.6 is 0 Å². The Balaban J connectivity index is 2.61. The second-order valence-corrected chi connectivity index (χ2v) is 2.80. The number of rotatable bonds is 0. The molecule has 0 N–H and O–H groups in total. The molecule has 0 heterocycles. The lowest BCUT2D eigenvalue weighted by atomic mass is 10.1. The predicted octanol–water partition coefficient (Wildman–Crippen LogP) is 3.25. The molecule has 0 radical (unpaired) electrons. The van der Waals surface area contributed by atoms with Crippen molar-refractivity contribution in [2.24, 2.45) is 5.92 Å².